The maximum Gasteiger partial charge on any atom is 0.369 e. The average molecular weight is 2330 g/mol. The number of esters is 1. The molecule has 718 valence electrons. The molecule has 0 radical (unpaired) electrons. The van der Waals surface area contributed by atoms with Crippen molar-refractivity contribution in [1.82, 2.24) is 17.6 Å². The quantitative estimate of drug-likeness (QED) is 0.00757. The number of carbonyl (C=O) groups is 5. The summed E-state index contributed by atoms with van der Waals surface area (Å²) < 4.78 is 32.0. The van der Waals surface area contributed by atoms with E-state index < -0.39 is 23.4 Å². The highest BCUT2D eigenvalue weighted by molar-refractivity contribution is 14.1. The number of methoxy groups -OCH3 is 1. The van der Waals surface area contributed by atoms with Crippen molar-refractivity contribution in [1.29, 1.82) is 0 Å². The molecule has 142 heavy (non-hydrogen) atoms. The number of hydrogen-bond acceptors (Lipinski definition) is 14. The summed E-state index contributed by atoms with van der Waals surface area (Å²) in [5.74, 6) is -1.51. The fourth-order valence-corrected chi connectivity index (χ4v) is 19.8. The summed E-state index contributed by atoms with van der Waals surface area (Å²) in [4.78, 5) is 63.4. The third-order valence-corrected chi connectivity index (χ3v) is 27.3. The highest BCUT2D eigenvalue weighted by atomic mass is 127. The fourth-order valence-electron chi connectivity index (χ4n) is 16.3. The molecule has 0 aliphatic heterocycles. The minimum absolute atomic E-state index is 0.0694. The first-order chi connectivity index (χ1) is 69.3. The predicted octanol–water partition coefficient (Wildman–Crippen LogP) is 29.2. The van der Waals surface area contributed by atoms with E-state index >= 15 is 0 Å². The van der Waals surface area contributed by atoms with Crippen LogP contribution in [0.5, 0.6) is 23.0 Å². The lowest BCUT2D eigenvalue weighted by atomic mass is 9.96. The van der Waals surface area contributed by atoms with Crippen molar-refractivity contribution in [2.24, 2.45) is 11.5 Å². The average Bonchev–Trinajstić information content (AvgIpc) is 1.59. The summed E-state index contributed by atoms with van der Waals surface area (Å²) in [6.07, 6.45) is 19.9. The summed E-state index contributed by atoms with van der Waals surface area (Å²) in [6.45, 7) is 1.49. The SMILES string of the molecule is BrB(Br)Br.COC(=O)CBr.CSc1c(C(=O)C(N)=O)c2c(O)cccn2c1Cc1ccccc1-c1ccccc1.CSc1c(C(=O)C(N)=O)c2c(OCc3ccccc3)cccn2c1Cc1ccccc1-c1ccccc1.CSc1cc2c(OCc3ccccc3)cccn2c1.CSc1cc2c(OCc3ccccc3)cccn2c1Cc1ccccc1-c1ccccc1.ICc1ccccc1-c1ccccc1. The molecule has 2 amide bonds. The van der Waals surface area contributed by atoms with Crippen molar-refractivity contribution >= 4 is 187 Å². The summed E-state index contributed by atoms with van der Waals surface area (Å²) in [5.41, 5.74) is 35.2. The molecule has 0 unspecified atom stereocenters. The Morgan fingerprint density at radius 2 is 0.704 bits per heavy atom. The molecule has 19 aromatic rings. The molecular formula is C116H102BBr4IN6O10S4. The molecule has 0 bridgehead atoms. The predicted molar refractivity (Wildman–Crippen MR) is 610 cm³/mol. The summed E-state index contributed by atoms with van der Waals surface area (Å²) in [5, 5.41) is 10.8. The normalized spacial score (nSPS) is 10.6. The Morgan fingerprint density at radius 3 is 1.08 bits per heavy atom. The highest BCUT2D eigenvalue weighted by Crippen LogP contribution is 2.43. The first-order valence-electron chi connectivity index (χ1n) is 45.0. The topological polar surface area (TPSA) is 212 Å². The van der Waals surface area contributed by atoms with Crippen LogP contribution in [-0.4, -0.2) is 92.7 Å². The number of pyridine rings is 4. The molecule has 0 spiro atoms. The number of Topliss-reactive ketones (excluding diaryl/α,β-unsaturated/α-hetero) is 2. The number of ketones is 2. The zero-order chi connectivity index (χ0) is 100. The zero-order valence-electron chi connectivity index (χ0n) is 78.4. The van der Waals surface area contributed by atoms with Gasteiger partial charge in [0.2, 0.25) is 0 Å². The maximum absolute atomic E-state index is 13.2. The van der Waals surface area contributed by atoms with Gasteiger partial charge in [-0.3, -0.25) is 24.0 Å². The van der Waals surface area contributed by atoms with Crippen LogP contribution < -0.4 is 25.7 Å². The number of thioether (sulfide) groups is 4. The van der Waals surface area contributed by atoms with Crippen LogP contribution in [0.2, 0.25) is 0 Å². The number of alkyl halides is 2. The van der Waals surface area contributed by atoms with E-state index in [0.29, 0.717) is 54.3 Å². The van der Waals surface area contributed by atoms with Gasteiger partial charge in [-0.2, -0.15) is 0 Å². The third-order valence-electron chi connectivity index (χ3n) is 22.8. The van der Waals surface area contributed by atoms with Gasteiger partial charge in [0.15, 0.2) is 0 Å². The number of amides is 2. The first kappa shape index (κ1) is 107. The highest BCUT2D eigenvalue weighted by Gasteiger charge is 2.31. The lowest BCUT2D eigenvalue weighted by Crippen LogP contribution is -2.23. The van der Waals surface area contributed by atoms with Crippen molar-refractivity contribution in [2.45, 2.75) is 63.1 Å². The summed E-state index contributed by atoms with van der Waals surface area (Å²) in [6, 6.07) is 125. The van der Waals surface area contributed by atoms with Gasteiger partial charge >= 0.3 is 9.15 Å². The molecular weight excluding hydrogens is 2220 g/mol. The Hall–Kier alpha value is -12.5. The molecule has 8 aromatic heterocycles. The second-order valence-corrected chi connectivity index (χ2v) is 42.8. The van der Waals surface area contributed by atoms with Crippen LogP contribution in [0.1, 0.15) is 76.7 Å². The van der Waals surface area contributed by atoms with Crippen LogP contribution in [-0.2, 0) is 62.6 Å². The van der Waals surface area contributed by atoms with E-state index in [1.807, 2.05) is 187 Å². The molecule has 26 heteroatoms. The van der Waals surface area contributed by atoms with Crippen molar-refractivity contribution in [3.63, 3.8) is 0 Å². The standard InChI is InChI=1S/C31H26N2O3S.C29H25NOS.C24H20N2O3S.C16H15NOS.C13H11I.C3H5BrO2.BBr3/c1-37-30-25(19-23-15-8-9-16-24(23)22-13-6-3-7-14-22)33-18-10-17-26(28(33)27(30)29(34)31(32)35)36-20-21-11-4-2-5-12-21;1-32-29-20-26-28(31-21-22-11-4-2-5-12-22)17-10-18-30(26)27(29)19-24-15-8-9-16-25(24)23-13-6-3-7-14-23;1-30-23-18(14-16-10-5-6-11-17(16)15-8-3-2-4-9-15)26-13-7-12-19(27)21(26)20(23)22(28)24(25)29;1-19-14-10-15-16(8-5-9-17(15)11-14)18-12-13-6-3-2-4-7-13;14-10-12-8-4-5-9-13(12)11-6-2-1-3-7-11;1-6-3(5)2-4;2-1(3)4/h2-18H,19-20H2,1H3,(H2,32,35);2-18,20H,19,21H2,1H3;2-13,27H,14H2,1H3,(H2,25,29);2-11H,12H2,1H3;1-9H,10H2;2H2,1H3;. The van der Waals surface area contributed by atoms with Crippen LogP contribution >= 0.6 is 133 Å². The van der Waals surface area contributed by atoms with Gasteiger partial charge in [0.1, 0.15) is 59.2 Å². The van der Waals surface area contributed by atoms with Crippen molar-refractivity contribution in [2.75, 3.05) is 37.5 Å². The molecule has 0 saturated carbocycles. The fraction of sp³-hybridized carbons (Fsp3) is 0.112. The Bertz CT molecular complexity index is 7410. The lowest BCUT2D eigenvalue weighted by Gasteiger charge is -2.12. The summed E-state index contributed by atoms with van der Waals surface area (Å²) >= 11 is 20.9. The van der Waals surface area contributed by atoms with Gasteiger partial charge in [-0.25, -0.2) is 0 Å². The largest absolute Gasteiger partial charge is 0.506 e. The number of primary amides is 2. The number of benzene rings is 11. The van der Waals surface area contributed by atoms with Gasteiger partial charge in [-0.1, -0.05) is 348 Å². The van der Waals surface area contributed by atoms with E-state index in [2.05, 4.69) is 324 Å². The van der Waals surface area contributed by atoms with Crippen molar-refractivity contribution < 1.29 is 48.0 Å². The van der Waals surface area contributed by atoms with Crippen LogP contribution in [0.3, 0.4) is 0 Å². The smallest absolute Gasteiger partial charge is 0.369 e. The van der Waals surface area contributed by atoms with Crippen LogP contribution in [0, 0.1) is 0 Å². The second kappa shape index (κ2) is 54.7. The van der Waals surface area contributed by atoms with E-state index in [1.54, 1.807) is 40.2 Å². The monoisotopic (exact) mass is 2320 g/mol. The van der Waals surface area contributed by atoms with Crippen LogP contribution in [0.4, 0.5) is 0 Å². The number of aromatic nitrogens is 4. The molecule has 0 fully saturated rings. The van der Waals surface area contributed by atoms with Crippen molar-refractivity contribution in [3.8, 4) is 67.5 Å². The molecule has 0 aliphatic rings. The van der Waals surface area contributed by atoms with Gasteiger partial charge in [0.25, 0.3) is 23.4 Å². The number of hydrogen-bond donors (Lipinski definition) is 3. The van der Waals surface area contributed by atoms with Gasteiger partial charge in [0.05, 0.1) is 29.3 Å². The van der Waals surface area contributed by atoms with E-state index in [0.717, 1.165) is 88.6 Å². The number of nitrogens with two attached hydrogens (primary N) is 2. The minimum atomic E-state index is -1.04. The van der Waals surface area contributed by atoms with Gasteiger partial charge in [-0.05, 0) is 169 Å². The lowest BCUT2D eigenvalue weighted by molar-refractivity contribution is -0.137. The zero-order valence-corrected chi connectivity index (χ0v) is 90.2. The number of aromatic hydroxyl groups is 1. The van der Waals surface area contributed by atoms with E-state index in [9.17, 15) is 29.1 Å². The Labute approximate surface area is 892 Å². The number of rotatable bonds is 29. The van der Waals surface area contributed by atoms with Gasteiger partial charge in [0, 0.05) is 91.3 Å². The second-order valence-electron chi connectivity index (χ2n) is 31.7. The molecule has 0 aliphatic carbocycles. The van der Waals surface area contributed by atoms with E-state index in [-0.39, 0.29) is 31.4 Å². The molecule has 0 saturated heterocycles. The number of ether oxygens (including phenoxy) is 4. The molecule has 5 N–H and O–H groups in total. The molecule has 8 heterocycles. The summed E-state index contributed by atoms with van der Waals surface area (Å²) in [7, 11) is 1.35. The Balaban J connectivity index is 0.000000149. The van der Waals surface area contributed by atoms with E-state index in [4.69, 9.17) is 25.7 Å². The Morgan fingerprint density at radius 1 is 0.373 bits per heavy atom. The van der Waals surface area contributed by atoms with E-state index in [1.165, 1.54) is 96.7 Å². The molecule has 0 atom stereocenters. The van der Waals surface area contributed by atoms with Gasteiger partial charge < -0.3 is 53.1 Å². The number of halogens is 5. The molecule has 19 rings (SSSR count). The Kier molecular flexibility index (Phi) is 41.1. The van der Waals surface area contributed by atoms with Crippen molar-refractivity contribution in [3.05, 3.63) is 468 Å². The number of nitrogens with zero attached hydrogens (tertiary/aromatic N) is 4. The van der Waals surface area contributed by atoms with Crippen LogP contribution in [0.15, 0.2) is 421 Å². The first-order valence-corrected chi connectivity index (χ1v) is 55.3. The molecule has 11 aromatic carbocycles. The number of carbonyl (C=O) groups excluding carboxylic acids is 5. The van der Waals surface area contributed by atoms with Gasteiger partial charge in [-0.15, -0.1) is 94.3 Å². The number of fused-ring (bicyclic) bond motifs is 4. The third kappa shape index (κ3) is 28.3. The van der Waals surface area contributed by atoms with Crippen LogP contribution in [0.25, 0.3) is 66.6 Å². The maximum atomic E-state index is 13.2. The molecule has 16 nitrogen and oxygen atoms in total. The minimum Gasteiger partial charge on any atom is -0.506 e.